The highest BCUT2D eigenvalue weighted by Gasteiger charge is 2.19. The first-order chi connectivity index (χ1) is 8.99. The summed E-state index contributed by atoms with van der Waals surface area (Å²) in [5, 5.41) is 17.4. The Labute approximate surface area is 112 Å². The second-order valence-electron chi connectivity index (χ2n) is 3.74. The molecule has 0 saturated carbocycles. The van der Waals surface area contributed by atoms with Crippen molar-refractivity contribution in [2.24, 2.45) is 0 Å². The molecule has 2 heterocycles. The summed E-state index contributed by atoms with van der Waals surface area (Å²) in [7, 11) is 0. The zero-order valence-corrected chi connectivity index (χ0v) is 11.0. The molecule has 0 aliphatic heterocycles. The Bertz CT molecular complexity index is 699. The van der Waals surface area contributed by atoms with E-state index in [0.29, 0.717) is 11.3 Å². The topological polar surface area (TPSA) is 109 Å². The number of aromatic amines is 1. The second-order valence-corrected chi connectivity index (χ2v) is 4.71. The molecule has 0 aliphatic rings. The maximum absolute atomic E-state index is 11.3. The molecule has 0 unspecified atom stereocenters. The van der Waals surface area contributed by atoms with Crippen LogP contribution in [0.3, 0.4) is 0 Å². The molecule has 2 N–H and O–H groups in total. The van der Waals surface area contributed by atoms with E-state index < -0.39 is 5.97 Å². The number of aromatic nitrogens is 4. The third-order valence-corrected chi connectivity index (χ3v) is 3.36. The van der Waals surface area contributed by atoms with Gasteiger partial charge in [-0.3, -0.25) is 4.79 Å². The quantitative estimate of drug-likeness (QED) is 0.807. The zero-order valence-electron chi connectivity index (χ0n) is 10.2. The van der Waals surface area contributed by atoms with Gasteiger partial charge in [-0.05, 0) is 31.2 Å². The third kappa shape index (κ3) is 2.79. The Balaban J connectivity index is 2.49. The second kappa shape index (κ2) is 5.19. The minimum atomic E-state index is -1.09. The molecule has 7 nitrogen and oxygen atoms in total. The molecule has 2 aromatic rings. The maximum Gasteiger partial charge on any atom is 0.338 e. The highest BCUT2D eigenvalue weighted by Crippen LogP contribution is 2.27. The van der Waals surface area contributed by atoms with Crippen molar-refractivity contribution in [1.82, 2.24) is 20.2 Å². The molecule has 0 fully saturated rings. The van der Waals surface area contributed by atoms with Crippen molar-refractivity contribution in [2.45, 2.75) is 24.0 Å². The van der Waals surface area contributed by atoms with Crippen LogP contribution in [0.25, 0.3) is 0 Å². The van der Waals surface area contributed by atoms with Gasteiger partial charge in [0.2, 0.25) is 0 Å². The minimum Gasteiger partial charge on any atom is -0.478 e. The zero-order chi connectivity index (χ0) is 14.0. The van der Waals surface area contributed by atoms with Crippen LogP contribution in [-0.4, -0.2) is 31.2 Å². The van der Waals surface area contributed by atoms with E-state index in [-0.39, 0.29) is 21.3 Å². The van der Waals surface area contributed by atoms with Crippen molar-refractivity contribution in [3.05, 3.63) is 39.4 Å². The number of carboxylic acid groups (broad SMARTS) is 1. The lowest BCUT2D eigenvalue weighted by Gasteiger charge is -2.07. The minimum absolute atomic E-state index is 0.0732. The van der Waals surface area contributed by atoms with Gasteiger partial charge in [-0.1, -0.05) is 0 Å². The molecule has 2 aromatic heterocycles. The van der Waals surface area contributed by atoms with Crippen LogP contribution in [0.1, 0.15) is 21.6 Å². The molecular formula is C11H10N4O3S. The van der Waals surface area contributed by atoms with Gasteiger partial charge >= 0.3 is 5.97 Å². The van der Waals surface area contributed by atoms with Crippen LogP contribution in [-0.2, 0) is 0 Å². The average Bonchev–Trinajstić information content (AvgIpc) is 2.33. The van der Waals surface area contributed by atoms with Crippen LogP contribution in [0.5, 0.6) is 0 Å². The molecule has 0 aromatic carbocycles. The lowest BCUT2D eigenvalue weighted by atomic mass is 10.1. The van der Waals surface area contributed by atoms with E-state index in [0.717, 1.165) is 11.8 Å². The molecule has 0 spiro atoms. The summed E-state index contributed by atoms with van der Waals surface area (Å²) in [5.41, 5.74) is 0.856. The Morgan fingerprint density at radius 1 is 1.37 bits per heavy atom. The van der Waals surface area contributed by atoms with Gasteiger partial charge in [0, 0.05) is 12.3 Å². The van der Waals surface area contributed by atoms with E-state index in [1.54, 1.807) is 13.8 Å². The van der Waals surface area contributed by atoms with Crippen molar-refractivity contribution in [1.29, 1.82) is 0 Å². The Hall–Kier alpha value is -2.22. The molecule has 0 amide bonds. The van der Waals surface area contributed by atoms with E-state index >= 15 is 0 Å². The number of aryl methyl sites for hydroxylation is 1. The summed E-state index contributed by atoms with van der Waals surface area (Å²) < 4.78 is 0. The Morgan fingerprint density at radius 2 is 2.11 bits per heavy atom. The SMILES string of the molecule is Cc1nnc(Sc2nccc(=O)[nH]2)c(C(=O)O)c1C. The van der Waals surface area contributed by atoms with E-state index in [2.05, 4.69) is 20.2 Å². The number of rotatable bonds is 3. The fourth-order valence-corrected chi connectivity index (χ4v) is 2.28. The molecule has 0 radical (unpaired) electrons. The van der Waals surface area contributed by atoms with E-state index in [1.165, 1.54) is 12.3 Å². The van der Waals surface area contributed by atoms with Crippen molar-refractivity contribution < 1.29 is 9.90 Å². The maximum atomic E-state index is 11.3. The van der Waals surface area contributed by atoms with Gasteiger partial charge in [0.15, 0.2) is 5.16 Å². The van der Waals surface area contributed by atoms with Crippen LogP contribution in [0.15, 0.2) is 27.2 Å². The summed E-state index contributed by atoms with van der Waals surface area (Å²) in [6.07, 6.45) is 1.34. The largest absolute Gasteiger partial charge is 0.478 e. The predicted octanol–water partition coefficient (Wildman–Crippen LogP) is 1.03. The normalized spacial score (nSPS) is 10.4. The van der Waals surface area contributed by atoms with Crippen molar-refractivity contribution in [3.63, 3.8) is 0 Å². The van der Waals surface area contributed by atoms with Gasteiger partial charge in [-0.2, -0.15) is 5.10 Å². The number of hydrogen-bond donors (Lipinski definition) is 2. The lowest BCUT2D eigenvalue weighted by molar-refractivity contribution is 0.0690. The first-order valence-electron chi connectivity index (χ1n) is 5.29. The highest BCUT2D eigenvalue weighted by molar-refractivity contribution is 7.99. The van der Waals surface area contributed by atoms with Crippen molar-refractivity contribution >= 4 is 17.7 Å². The number of nitrogens with zero attached hydrogens (tertiary/aromatic N) is 3. The Kier molecular flexibility index (Phi) is 3.61. The van der Waals surface area contributed by atoms with Gasteiger partial charge < -0.3 is 10.1 Å². The average molecular weight is 278 g/mol. The molecule has 0 saturated heterocycles. The summed E-state index contributed by atoms with van der Waals surface area (Å²) >= 11 is 0.958. The van der Waals surface area contributed by atoms with Gasteiger partial charge in [0.1, 0.15) is 5.03 Å². The standard InChI is InChI=1S/C11H10N4O3S/c1-5-6(2)14-15-9(8(5)10(17)18)19-11-12-4-3-7(16)13-11/h3-4H,1-2H3,(H,17,18)(H,12,13,16). The van der Waals surface area contributed by atoms with Gasteiger partial charge in [0.05, 0.1) is 11.3 Å². The monoisotopic (exact) mass is 278 g/mol. The van der Waals surface area contributed by atoms with Gasteiger partial charge in [-0.15, -0.1) is 5.10 Å². The van der Waals surface area contributed by atoms with Gasteiger partial charge in [0.25, 0.3) is 5.56 Å². The predicted molar refractivity (Wildman–Crippen MR) is 67.4 cm³/mol. The fraction of sp³-hybridized carbons (Fsp3) is 0.182. The van der Waals surface area contributed by atoms with Crippen LogP contribution >= 0.6 is 11.8 Å². The van der Waals surface area contributed by atoms with Crippen LogP contribution in [0.4, 0.5) is 0 Å². The number of carboxylic acids is 1. The summed E-state index contributed by atoms with van der Waals surface area (Å²) in [6.45, 7) is 3.35. The molecule has 2 rings (SSSR count). The van der Waals surface area contributed by atoms with Crippen LogP contribution in [0, 0.1) is 13.8 Å². The van der Waals surface area contributed by atoms with Crippen molar-refractivity contribution in [2.75, 3.05) is 0 Å². The molecular weight excluding hydrogens is 268 g/mol. The number of carbonyl (C=O) groups is 1. The number of aromatic carboxylic acids is 1. The van der Waals surface area contributed by atoms with Gasteiger partial charge in [-0.25, -0.2) is 9.78 Å². The first-order valence-corrected chi connectivity index (χ1v) is 6.11. The number of hydrogen-bond acceptors (Lipinski definition) is 6. The smallest absolute Gasteiger partial charge is 0.338 e. The molecule has 0 aliphatic carbocycles. The lowest BCUT2D eigenvalue weighted by Crippen LogP contribution is -2.09. The fourth-order valence-electron chi connectivity index (χ4n) is 1.41. The molecule has 19 heavy (non-hydrogen) atoms. The van der Waals surface area contributed by atoms with E-state index in [1.807, 2.05) is 0 Å². The Morgan fingerprint density at radius 3 is 2.74 bits per heavy atom. The number of H-pyrrole nitrogens is 1. The third-order valence-electron chi connectivity index (χ3n) is 2.48. The number of nitrogens with one attached hydrogen (secondary N) is 1. The summed E-state index contributed by atoms with van der Waals surface area (Å²) in [4.78, 5) is 28.9. The van der Waals surface area contributed by atoms with Crippen LogP contribution in [0.2, 0.25) is 0 Å². The molecule has 0 atom stereocenters. The van der Waals surface area contributed by atoms with E-state index in [4.69, 9.17) is 0 Å². The van der Waals surface area contributed by atoms with Crippen LogP contribution < -0.4 is 5.56 Å². The molecule has 98 valence electrons. The molecule has 8 heteroatoms. The highest BCUT2D eigenvalue weighted by atomic mass is 32.2. The first kappa shape index (κ1) is 13.2. The summed E-state index contributed by atoms with van der Waals surface area (Å²) in [5.74, 6) is -1.09. The van der Waals surface area contributed by atoms with Crippen molar-refractivity contribution in [3.8, 4) is 0 Å². The molecule has 0 bridgehead atoms. The summed E-state index contributed by atoms with van der Waals surface area (Å²) in [6, 6.07) is 1.27. The van der Waals surface area contributed by atoms with E-state index in [9.17, 15) is 14.7 Å².